The van der Waals surface area contributed by atoms with Crippen LogP contribution in [0, 0.1) is 17.0 Å². The third kappa shape index (κ3) is 2.62. The highest BCUT2D eigenvalue weighted by Crippen LogP contribution is 2.47. The Morgan fingerprint density at radius 1 is 1.27 bits per heavy atom. The molecule has 2 aliphatic rings. The normalized spacial score (nSPS) is 31.2. The van der Waals surface area contributed by atoms with E-state index in [2.05, 4.69) is 6.92 Å². The number of benzene rings is 1. The SMILES string of the molecule is CO[C@@H]1CC[C@H]2N(C(=O)c3cc(F)cc(F)c3)CC[C@@]2(C)C1. The molecule has 1 aliphatic heterocycles. The Bertz CT molecular complexity index is 572. The minimum atomic E-state index is -0.714. The topological polar surface area (TPSA) is 29.5 Å². The first-order valence-corrected chi connectivity index (χ1v) is 7.73. The maximum absolute atomic E-state index is 13.4. The van der Waals surface area contributed by atoms with Gasteiger partial charge in [-0.25, -0.2) is 8.78 Å². The highest BCUT2D eigenvalue weighted by atomic mass is 19.1. The average molecular weight is 309 g/mol. The van der Waals surface area contributed by atoms with Crippen LogP contribution in [-0.4, -0.2) is 36.6 Å². The molecule has 5 heteroatoms. The zero-order chi connectivity index (χ0) is 15.9. The number of nitrogens with zero attached hydrogens (tertiary/aromatic N) is 1. The zero-order valence-electron chi connectivity index (χ0n) is 12.9. The molecular formula is C17H21F2NO2. The number of ether oxygens (including phenoxy) is 1. The number of carbonyl (C=O) groups is 1. The van der Waals surface area contributed by atoms with Gasteiger partial charge in [0, 0.05) is 31.3 Å². The van der Waals surface area contributed by atoms with Crippen LogP contribution in [0.5, 0.6) is 0 Å². The Kier molecular flexibility index (Phi) is 3.93. The van der Waals surface area contributed by atoms with Crippen LogP contribution in [0.1, 0.15) is 43.0 Å². The van der Waals surface area contributed by atoms with E-state index in [4.69, 9.17) is 4.74 Å². The summed E-state index contributed by atoms with van der Waals surface area (Å²) in [5.41, 5.74) is 0.121. The molecule has 1 saturated carbocycles. The minimum absolute atomic E-state index is 0.0282. The van der Waals surface area contributed by atoms with Gasteiger partial charge < -0.3 is 9.64 Å². The largest absolute Gasteiger partial charge is 0.381 e. The molecule has 0 N–H and O–H groups in total. The quantitative estimate of drug-likeness (QED) is 0.838. The summed E-state index contributed by atoms with van der Waals surface area (Å²) >= 11 is 0. The van der Waals surface area contributed by atoms with Crippen LogP contribution >= 0.6 is 0 Å². The molecule has 1 amide bonds. The minimum Gasteiger partial charge on any atom is -0.381 e. The molecule has 1 aliphatic carbocycles. The molecule has 2 fully saturated rings. The third-order valence-electron chi connectivity index (χ3n) is 5.26. The molecule has 3 rings (SSSR count). The van der Waals surface area contributed by atoms with Crippen molar-refractivity contribution in [2.75, 3.05) is 13.7 Å². The lowest BCUT2D eigenvalue weighted by molar-refractivity contribution is -0.00278. The molecule has 1 aromatic carbocycles. The maximum atomic E-state index is 13.4. The van der Waals surface area contributed by atoms with Crippen LogP contribution in [-0.2, 0) is 4.74 Å². The van der Waals surface area contributed by atoms with Crippen LogP contribution in [0.15, 0.2) is 18.2 Å². The highest BCUT2D eigenvalue weighted by molar-refractivity contribution is 5.94. The molecule has 3 nitrogen and oxygen atoms in total. The Balaban J connectivity index is 1.83. The monoisotopic (exact) mass is 309 g/mol. The van der Waals surface area contributed by atoms with Crippen LogP contribution in [0.3, 0.4) is 0 Å². The molecule has 0 aromatic heterocycles. The number of halogens is 2. The van der Waals surface area contributed by atoms with Crippen LogP contribution in [0.25, 0.3) is 0 Å². The van der Waals surface area contributed by atoms with E-state index >= 15 is 0 Å². The van der Waals surface area contributed by atoms with Gasteiger partial charge in [-0.05, 0) is 43.2 Å². The van der Waals surface area contributed by atoms with Crippen molar-refractivity contribution >= 4 is 5.91 Å². The molecular weight excluding hydrogens is 288 g/mol. The van der Waals surface area contributed by atoms with Gasteiger partial charge in [0.1, 0.15) is 11.6 Å². The van der Waals surface area contributed by atoms with E-state index in [-0.39, 0.29) is 29.0 Å². The van der Waals surface area contributed by atoms with Gasteiger partial charge in [-0.15, -0.1) is 0 Å². The first kappa shape index (κ1) is 15.4. The number of carbonyl (C=O) groups excluding carboxylic acids is 1. The molecule has 1 aromatic rings. The van der Waals surface area contributed by atoms with E-state index < -0.39 is 11.6 Å². The summed E-state index contributed by atoms with van der Waals surface area (Å²) in [5.74, 6) is -1.70. The van der Waals surface area contributed by atoms with Crippen molar-refractivity contribution < 1.29 is 18.3 Å². The van der Waals surface area contributed by atoms with Crippen LogP contribution in [0.4, 0.5) is 8.78 Å². The second-order valence-corrected chi connectivity index (χ2v) is 6.72. The first-order valence-electron chi connectivity index (χ1n) is 7.73. The fraction of sp³-hybridized carbons (Fsp3) is 0.588. The number of methoxy groups -OCH3 is 1. The number of amides is 1. The van der Waals surface area contributed by atoms with Gasteiger partial charge in [0.15, 0.2) is 0 Å². The second-order valence-electron chi connectivity index (χ2n) is 6.72. The van der Waals surface area contributed by atoms with E-state index in [0.29, 0.717) is 6.54 Å². The van der Waals surface area contributed by atoms with Gasteiger partial charge in [-0.1, -0.05) is 6.92 Å². The lowest BCUT2D eigenvalue weighted by atomic mass is 9.71. The average Bonchev–Trinajstić information content (AvgIpc) is 2.81. The van der Waals surface area contributed by atoms with Crippen molar-refractivity contribution in [1.29, 1.82) is 0 Å². The lowest BCUT2D eigenvalue weighted by Crippen LogP contribution is -2.46. The molecule has 0 unspecified atom stereocenters. The third-order valence-corrected chi connectivity index (χ3v) is 5.26. The molecule has 3 atom stereocenters. The Morgan fingerprint density at radius 2 is 1.95 bits per heavy atom. The summed E-state index contributed by atoms with van der Waals surface area (Å²) in [6, 6.07) is 3.14. The number of rotatable bonds is 2. The van der Waals surface area contributed by atoms with Crippen molar-refractivity contribution in [2.24, 2.45) is 5.41 Å². The molecule has 1 heterocycles. The van der Waals surface area contributed by atoms with Gasteiger partial charge >= 0.3 is 0 Å². The fourth-order valence-electron chi connectivity index (χ4n) is 4.07. The predicted molar refractivity (Wildman–Crippen MR) is 78.6 cm³/mol. The van der Waals surface area contributed by atoms with Crippen molar-refractivity contribution in [3.63, 3.8) is 0 Å². The van der Waals surface area contributed by atoms with Crippen LogP contribution < -0.4 is 0 Å². The lowest BCUT2D eigenvalue weighted by Gasteiger charge is -2.42. The fourth-order valence-corrected chi connectivity index (χ4v) is 4.07. The molecule has 22 heavy (non-hydrogen) atoms. The van der Waals surface area contributed by atoms with Crippen molar-refractivity contribution in [1.82, 2.24) is 4.90 Å². The molecule has 120 valence electrons. The van der Waals surface area contributed by atoms with Gasteiger partial charge in [0.2, 0.25) is 0 Å². The Morgan fingerprint density at radius 3 is 2.59 bits per heavy atom. The molecule has 0 spiro atoms. The number of likely N-dealkylation sites (tertiary alicyclic amines) is 1. The van der Waals surface area contributed by atoms with Crippen LogP contribution in [0.2, 0.25) is 0 Å². The summed E-state index contributed by atoms with van der Waals surface area (Å²) in [7, 11) is 1.72. The van der Waals surface area contributed by atoms with Crippen molar-refractivity contribution in [3.05, 3.63) is 35.4 Å². The number of hydrogen-bond donors (Lipinski definition) is 0. The summed E-state index contributed by atoms with van der Waals surface area (Å²) in [4.78, 5) is 14.5. The predicted octanol–water partition coefficient (Wildman–Crippen LogP) is 3.38. The number of fused-ring (bicyclic) bond motifs is 1. The maximum Gasteiger partial charge on any atom is 0.254 e. The standard InChI is InChI=1S/C17H21F2NO2/c1-17-5-6-20(15(17)4-3-14(10-17)22-2)16(21)11-7-12(18)9-13(19)8-11/h7-9,14-15H,3-6,10H2,1-2H3/t14-,15-,17+/m1/s1. The Labute approximate surface area is 129 Å². The van der Waals surface area contributed by atoms with E-state index in [0.717, 1.165) is 43.9 Å². The summed E-state index contributed by atoms with van der Waals surface area (Å²) in [6.45, 7) is 2.82. The van der Waals surface area contributed by atoms with Crippen molar-refractivity contribution in [3.8, 4) is 0 Å². The molecule has 1 saturated heterocycles. The Hall–Kier alpha value is -1.49. The second kappa shape index (κ2) is 5.61. The smallest absolute Gasteiger partial charge is 0.254 e. The summed E-state index contributed by atoms with van der Waals surface area (Å²) in [5, 5.41) is 0. The van der Waals surface area contributed by atoms with Crippen molar-refractivity contribution in [2.45, 2.75) is 44.8 Å². The van der Waals surface area contributed by atoms with Gasteiger partial charge in [0.25, 0.3) is 5.91 Å². The van der Waals surface area contributed by atoms with E-state index in [1.807, 2.05) is 0 Å². The van der Waals surface area contributed by atoms with Gasteiger partial charge in [-0.3, -0.25) is 4.79 Å². The van der Waals surface area contributed by atoms with E-state index in [1.165, 1.54) is 0 Å². The van der Waals surface area contributed by atoms with Gasteiger partial charge in [-0.2, -0.15) is 0 Å². The molecule has 0 radical (unpaired) electrons. The summed E-state index contributed by atoms with van der Waals surface area (Å²) in [6.07, 6.45) is 3.86. The zero-order valence-corrected chi connectivity index (χ0v) is 12.9. The highest BCUT2D eigenvalue weighted by Gasteiger charge is 2.49. The first-order chi connectivity index (χ1) is 10.4. The van der Waals surface area contributed by atoms with E-state index in [1.54, 1.807) is 12.0 Å². The van der Waals surface area contributed by atoms with E-state index in [9.17, 15) is 13.6 Å². The van der Waals surface area contributed by atoms with Gasteiger partial charge in [0.05, 0.1) is 6.10 Å². The molecule has 0 bridgehead atoms. The number of hydrogen-bond acceptors (Lipinski definition) is 2. The summed E-state index contributed by atoms with van der Waals surface area (Å²) < 4.78 is 32.2.